The first-order chi connectivity index (χ1) is 4.99. The van der Waals surface area contributed by atoms with E-state index in [4.69, 9.17) is 4.74 Å². The van der Waals surface area contributed by atoms with Crippen LogP contribution in [0, 0.1) is 5.92 Å². The van der Waals surface area contributed by atoms with Crippen molar-refractivity contribution < 1.29 is 9.84 Å². The molecule has 0 saturated heterocycles. The molecule has 1 aliphatic carbocycles. The van der Waals surface area contributed by atoms with Crippen molar-refractivity contribution in [3.63, 3.8) is 0 Å². The summed E-state index contributed by atoms with van der Waals surface area (Å²) in [5, 5.41) is 9.43. The maximum Gasteiger partial charge on any atom is 0.0802 e. The Morgan fingerprint density at radius 3 is 2.36 bits per heavy atom. The molecular formula is C9H18O2. The van der Waals surface area contributed by atoms with Gasteiger partial charge >= 0.3 is 0 Å². The number of hydrogen-bond acceptors (Lipinski definition) is 2. The minimum Gasteiger partial charge on any atom is -0.390 e. The van der Waals surface area contributed by atoms with Gasteiger partial charge in [0.2, 0.25) is 0 Å². The SMILES string of the molecule is CC(C)(C)OCC(O)C1CC1. The minimum absolute atomic E-state index is 0.115. The van der Waals surface area contributed by atoms with Gasteiger partial charge in [0.1, 0.15) is 0 Å². The Morgan fingerprint density at radius 2 is 2.00 bits per heavy atom. The van der Waals surface area contributed by atoms with Crippen molar-refractivity contribution >= 4 is 0 Å². The molecule has 0 bridgehead atoms. The van der Waals surface area contributed by atoms with Crippen molar-refractivity contribution in [2.24, 2.45) is 5.92 Å². The average molecular weight is 158 g/mol. The largest absolute Gasteiger partial charge is 0.390 e. The van der Waals surface area contributed by atoms with E-state index in [1.54, 1.807) is 0 Å². The normalized spacial score (nSPS) is 21.8. The number of ether oxygens (including phenoxy) is 1. The van der Waals surface area contributed by atoms with E-state index in [2.05, 4.69) is 0 Å². The van der Waals surface area contributed by atoms with E-state index in [1.807, 2.05) is 20.8 Å². The summed E-state index contributed by atoms with van der Waals surface area (Å²) in [6.07, 6.45) is 2.12. The summed E-state index contributed by atoms with van der Waals surface area (Å²) in [6.45, 7) is 6.51. The number of aliphatic hydroxyl groups excluding tert-OH is 1. The molecule has 1 rings (SSSR count). The molecule has 2 nitrogen and oxygen atoms in total. The van der Waals surface area contributed by atoms with Gasteiger partial charge in [-0.2, -0.15) is 0 Å². The van der Waals surface area contributed by atoms with Crippen LogP contribution in [0.2, 0.25) is 0 Å². The lowest BCUT2D eigenvalue weighted by atomic mass is 10.2. The van der Waals surface area contributed by atoms with Crippen LogP contribution in [0.4, 0.5) is 0 Å². The predicted molar refractivity (Wildman–Crippen MR) is 44.4 cm³/mol. The molecule has 1 unspecified atom stereocenters. The topological polar surface area (TPSA) is 29.5 Å². The molecular weight excluding hydrogens is 140 g/mol. The molecule has 0 radical (unpaired) electrons. The Hall–Kier alpha value is -0.0800. The van der Waals surface area contributed by atoms with Gasteiger partial charge < -0.3 is 9.84 Å². The van der Waals surface area contributed by atoms with Gasteiger partial charge in [0, 0.05) is 0 Å². The zero-order valence-corrected chi connectivity index (χ0v) is 7.63. The van der Waals surface area contributed by atoms with Crippen LogP contribution in [0.1, 0.15) is 33.6 Å². The fourth-order valence-electron chi connectivity index (χ4n) is 0.952. The van der Waals surface area contributed by atoms with Gasteiger partial charge in [0.25, 0.3) is 0 Å². The number of rotatable bonds is 3. The van der Waals surface area contributed by atoms with Crippen molar-refractivity contribution in [1.82, 2.24) is 0 Å². The van der Waals surface area contributed by atoms with Gasteiger partial charge in [-0.05, 0) is 39.5 Å². The van der Waals surface area contributed by atoms with E-state index in [0.717, 1.165) is 0 Å². The zero-order chi connectivity index (χ0) is 8.48. The third kappa shape index (κ3) is 3.73. The first kappa shape index (κ1) is 9.01. The molecule has 1 aliphatic rings. The highest BCUT2D eigenvalue weighted by Crippen LogP contribution is 2.32. The standard InChI is InChI=1S/C9H18O2/c1-9(2,3)11-6-8(10)7-4-5-7/h7-8,10H,4-6H2,1-3H3. The van der Waals surface area contributed by atoms with Crippen LogP contribution in [-0.2, 0) is 4.74 Å². The quantitative estimate of drug-likeness (QED) is 0.675. The monoisotopic (exact) mass is 158 g/mol. The Morgan fingerprint density at radius 1 is 1.45 bits per heavy atom. The highest BCUT2D eigenvalue weighted by Gasteiger charge is 2.30. The van der Waals surface area contributed by atoms with Gasteiger partial charge in [-0.1, -0.05) is 0 Å². The highest BCUT2D eigenvalue weighted by molar-refractivity contribution is 4.81. The number of aliphatic hydroxyl groups is 1. The molecule has 11 heavy (non-hydrogen) atoms. The molecule has 0 aromatic carbocycles. The minimum atomic E-state index is -0.228. The van der Waals surface area contributed by atoms with Crippen LogP contribution in [0.15, 0.2) is 0 Å². The molecule has 0 aromatic rings. The third-order valence-electron chi connectivity index (χ3n) is 1.85. The van der Waals surface area contributed by atoms with Crippen LogP contribution in [0.25, 0.3) is 0 Å². The fraction of sp³-hybridized carbons (Fsp3) is 1.00. The van der Waals surface area contributed by atoms with E-state index in [-0.39, 0.29) is 11.7 Å². The molecule has 0 spiro atoms. The second-order valence-electron chi connectivity index (χ2n) is 4.33. The summed E-state index contributed by atoms with van der Waals surface area (Å²) in [7, 11) is 0. The first-order valence-corrected chi connectivity index (χ1v) is 4.31. The maximum atomic E-state index is 9.43. The Bertz CT molecular complexity index is 122. The van der Waals surface area contributed by atoms with Crippen LogP contribution in [0.3, 0.4) is 0 Å². The van der Waals surface area contributed by atoms with Gasteiger partial charge in [-0.3, -0.25) is 0 Å². The Labute approximate surface area is 68.6 Å². The average Bonchev–Trinajstić information content (AvgIpc) is 2.61. The van der Waals surface area contributed by atoms with Crippen molar-refractivity contribution in [2.75, 3.05) is 6.61 Å². The van der Waals surface area contributed by atoms with Crippen LogP contribution in [0.5, 0.6) is 0 Å². The van der Waals surface area contributed by atoms with Crippen LogP contribution < -0.4 is 0 Å². The summed E-state index contributed by atoms with van der Waals surface area (Å²) >= 11 is 0. The summed E-state index contributed by atoms with van der Waals surface area (Å²) in [4.78, 5) is 0. The Kier molecular flexibility index (Phi) is 2.55. The molecule has 0 amide bonds. The first-order valence-electron chi connectivity index (χ1n) is 4.31. The van der Waals surface area contributed by atoms with Crippen molar-refractivity contribution in [3.05, 3.63) is 0 Å². The van der Waals surface area contributed by atoms with Gasteiger partial charge in [-0.15, -0.1) is 0 Å². The molecule has 0 aromatic heterocycles. The molecule has 1 atom stereocenters. The molecule has 1 fully saturated rings. The fourth-order valence-corrected chi connectivity index (χ4v) is 0.952. The summed E-state index contributed by atoms with van der Waals surface area (Å²) in [6, 6.07) is 0. The number of hydrogen-bond donors (Lipinski definition) is 1. The summed E-state index contributed by atoms with van der Waals surface area (Å²) < 4.78 is 5.44. The van der Waals surface area contributed by atoms with E-state index < -0.39 is 0 Å². The Balaban J connectivity index is 2.10. The third-order valence-corrected chi connectivity index (χ3v) is 1.85. The van der Waals surface area contributed by atoms with Crippen molar-refractivity contribution in [2.45, 2.75) is 45.3 Å². The van der Waals surface area contributed by atoms with Crippen LogP contribution >= 0.6 is 0 Å². The molecule has 1 saturated carbocycles. The predicted octanol–water partition coefficient (Wildman–Crippen LogP) is 1.57. The van der Waals surface area contributed by atoms with E-state index in [0.29, 0.717) is 12.5 Å². The lowest BCUT2D eigenvalue weighted by Crippen LogP contribution is -2.27. The second-order valence-corrected chi connectivity index (χ2v) is 4.33. The van der Waals surface area contributed by atoms with E-state index in [1.165, 1.54) is 12.8 Å². The zero-order valence-electron chi connectivity index (χ0n) is 7.63. The second kappa shape index (κ2) is 3.11. The highest BCUT2D eigenvalue weighted by atomic mass is 16.5. The van der Waals surface area contributed by atoms with Crippen molar-refractivity contribution in [1.29, 1.82) is 0 Å². The molecule has 2 heteroatoms. The van der Waals surface area contributed by atoms with Gasteiger partial charge in [-0.25, -0.2) is 0 Å². The van der Waals surface area contributed by atoms with E-state index >= 15 is 0 Å². The van der Waals surface area contributed by atoms with Crippen LogP contribution in [-0.4, -0.2) is 23.4 Å². The molecule has 66 valence electrons. The summed E-state index contributed by atoms with van der Waals surface area (Å²) in [5.74, 6) is 0.525. The molecule has 0 aliphatic heterocycles. The smallest absolute Gasteiger partial charge is 0.0802 e. The molecule has 0 heterocycles. The van der Waals surface area contributed by atoms with E-state index in [9.17, 15) is 5.11 Å². The van der Waals surface area contributed by atoms with Gasteiger partial charge in [0.05, 0.1) is 18.3 Å². The van der Waals surface area contributed by atoms with Gasteiger partial charge in [0.15, 0.2) is 0 Å². The molecule has 1 N–H and O–H groups in total. The maximum absolute atomic E-state index is 9.43. The summed E-state index contributed by atoms with van der Waals surface area (Å²) in [5.41, 5.74) is -0.115. The van der Waals surface area contributed by atoms with Crippen molar-refractivity contribution in [3.8, 4) is 0 Å². The lowest BCUT2D eigenvalue weighted by molar-refractivity contribution is -0.0541. The lowest BCUT2D eigenvalue weighted by Gasteiger charge is -2.21.